The highest BCUT2D eigenvalue weighted by Gasteiger charge is 2.40. The minimum atomic E-state index is -0.565. The van der Waals surface area contributed by atoms with Gasteiger partial charge in [0.05, 0.1) is 22.3 Å². The van der Waals surface area contributed by atoms with Crippen molar-refractivity contribution >= 4 is 35.1 Å². The number of hydrogen-bond donors (Lipinski definition) is 0. The van der Waals surface area contributed by atoms with Gasteiger partial charge in [0.15, 0.2) is 0 Å². The van der Waals surface area contributed by atoms with E-state index >= 15 is 0 Å². The summed E-state index contributed by atoms with van der Waals surface area (Å²) in [5.74, 6) is -1.13. The van der Waals surface area contributed by atoms with Gasteiger partial charge in [-0.15, -0.1) is 0 Å². The fourth-order valence-corrected chi connectivity index (χ4v) is 3.56. The van der Waals surface area contributed by atoms with Crippen LogP contribution in [0.2, 0.25) is 5.02 Å². The number of anilines is 1. The van der Waals surface area contributed by atoms with E-state index in [4.69, 9.17) is 11.6 Å². The van der Waals surface area contributed by atoms with Gasteiger partial charge in [-0.25, -0.2) is 0 Å². The van der Waals surface area contributed by atoms with E-state index in [9.17, 15) is 9.59 Å². The topological polar surface area (TPSA) is 37.4 Å². The molecule has 1 aliphatic heterocycles. The van der Waals surface area contributed by atoms with Crippen molar-refractivity contribution in [1.82, 2.24) is 0 Å². The highest BCUT2D eigenvalue weighted by atomic mass is 35.5. The van der Waals surface area contributed by atoms with E-state index in [2.05, 4.69) is 0 Å². The number of halogens is 1. The third-order valence-electron chi connectivity index (χ3n) is 4.58. The molecule has 0 saturated heterocycles. The van der Waals surface area contributed by atoms with E-state index in [1.165, 1.54) is 4.90 Å². The van der Waals surface area contributed by atoms with Crippen LogP contribution in [0.1, 0.15) is 27.5 Å². The predicted molar refractivity (Wildman–Crippen MR) is 108 cm³/mol. The van der Waals surface area contributed by atoms with Crippen LogP contribution in [0.25, 0.3) is 6.08 Å². The maximum absolute atomic E-state index is 12.8. The van der Waals surface area contributed by atoms with Crippen LogP contribution in [0.3, 0.4) is 0 Å². The average Bonchev–Trinajstić information content (AvgIpc) is 2.96. The monoisotopic (exact) mass is 373 g/mol. The molecule has 1 heterocycles. The Kier molecular flexibility index (Phi) is 4.61. The van der Waals surface area contributed by atoms with E-state index in [0.29, 0.717) is 10.7 Å². The molecule has 132 valence electrons. The van der Waals surface area contributed by atoms with Gasteiger partial charge in [-0.3, -0.25) is 14.5 Å². The van der Waals surface area contributed by atoms with E-state index in [1.807, 2.05) is 72.8 Å². The number of benzene rings is 3. The Balaban J connectivity index is 1.83. The number of Topliss-reactive ketones (excluding diaryl/α,β-unsaturated/α-hetero) is 1. The molecule has 0 bridgehead atoms. The summed E-state index contributed by atoms with van der Waals surface area (Å²) in [4.78, 5) is 26.9. The standard InChI is InChI=1S/C23H16ClNO2/c24-18-12-7-13-20-21(18)22(26)23(27)25(20)19(17-10-5-2-6-11-17)15-14-16-8-3-1-4-9-16/h1-15,19H/b15-14+/t19-/m0/s1. The molecule has 3 nitrogen and oxygen atoms in total. The van der Waals surface area contributed by atoms with Gasteiger partial charge >= 0.3 is 0 Å². The van der Waals surface area contributed by atoms with Gasteiger partial charge in [-0.2, -0.15) is 0 Å². The Morgan fingerprint density at radius 3 is 2.19 bits per heavy atom. The van der Waals surface area contributed by atoms with Crippen LogP contribution in [0.4, 0.5) is 5.69 Å². The molecule has 0 aromatic heterocycles. The SMILES string of the molecule is O=C1C(=O)N([C@@H](/C=C/c2ccccc2)c2ccccc2)c2cccc(Cl)c21. The van der Waals surface area contributed by atoms with Crippen molar-refractivity contribution in [1.29, 1.82) is 0 Å². The first kappa shape index (κ1) is 17.3. The summed E-state index contributed by atoms with van der Waals surface area (Å²) in [6, 6.07) is 24.2. The molecule has 1 aliphatic rings. The van der Waals surface area contributed by atoms with Gasteiger partial charge in [0.2, 0.25) is 0 Å². The van der Waals surface area contributed by atoms with Gasteiger partial charge in [0.1, 0.15) is 0 Å². The van der Waals surface area contributed by atoms with Crippen LogP contribution in [0.5, 0.6) is 0 Å². The zero-order valence-corrected chi connectivity index (χ0v) is 15.1. The van der Waals surface area contributed by atoms with Crippen molar-refractivity contribution in [2.75, 3.05) is 4.90 Å². The van der Waals surface area contributed by atoms with E-state index in [-0.39, 0.29) is 5.56 Å². The van der Waals surface area contributed by atoms with Gasteiger partial charge in [-0.05, 0) is 23.3 Å². The number of carbonyl (C=O) groups excluding carboxylic acids is 2. The number of amides is 1. The largest absolute Gasteiger partial charge is 0.300 e. The summed E-state index contributed by atoms with van der Waals surface area (Å²) in [7, 11) is 0. The highest BCUT2D eigenvalue weighted by Crippen LogP contribution is 2.40. The van der Waals surface area contributed by atoms with Crippen LogP contribution in [0.15, 0.2) is 84.9 Å². The van der Waals surface area contributed by atoms with Crippen LogP contribution in [-0.4, -0.2) is 11.7 Å². The Bertz CT molecular complexity index is 1030. The molecule has 3 aromatic carbocycles. The molecule has 0 radical (unpaired) electrons. The number of nitrogens with zero attached hydrogens (tertiary/aromatic N) is 1. The molecule has 4 heteroatoms. The van der Waals surface area contributed by atoms with Crippen molar-refractivity contribution in [3.63, 3.8) is 0 Å². The normalized spacial score (nSPS) is 14.6. The lowest BCUT2D eigenvalue weighted by atomic mass is 10.0. The van der Waals surface area contributed by atoms with Crippen molar-refractivity contribution in [3.8, 4) is 0 Å². The first-order valence-corrected chi connectivity index (χ1v) is 8.99. The van der Waals surface area contributed by atoms with Crippen molar-refractivity contribution in [2.24, 2.45) is 0 Å². The number of carbonyl (C=O) groups is 2. The van der Waals surface area contributed by atoms with Crippen molar-refractivity contribution in [2.45, 2.75) is 6.04 Å². The zero-order chi connectivity index (χ0) is 18.8. The van der Waals surface area contributed by atoms with Crippen LogP contribution >= 0.6 is 11.6 Å². The molecule has 0 aliphatic carbocycles. The first-order valence-electron chi connectivity index (χ1n) is 8.61. The lowest BCUT2D eigenvalue weighted by Crippen LogP contribution is -2.33. The third kappa shape index (κ3) is 3.18. The maximum atomic E-state index is 12.8. The van der Waals surface area contributed by atoms with E-state index < -0.39 is 17.7 Å². The third-order valence-corrected chi connectivity index (χ3v) is 4.90. The zero-order valence-electron chi connectivity index (χ0n) is 14.4. The van der Waals surface area contributed by atoms with Crippen LogP contribution in [-0.2, 0) is 4.79 Å². The number of rotatable bonds is 4. The Hall–Kier alpha value is -3.17. The summed E-state index contributed by atoms with van der Waals surface area (Å²) in [6.45, 7) is 0. The molecule has 0 N–H and O–H groups in total. The van der Waals surface area contributed by atoms with Crippen LogP contribution < -0.4 is 4.90 Å². The summed E-state index contributed by atoms with van der Waals surface area (Å²) in [6.07, 6.45) is 3.89. The number of ketones is 1. The fraction of sp³-hybridized carbons (Fsp3) is 0.0435. The lowest BCUT2D eigenvalue weighted by Gasteiger charge is -2.26. The molecule has 1 amide bonds. The van der Waals surface area contributed by atoms with Crippen LogP contribution in [0, 0.1) is 0 Å². The van der Waals surface area contributed by atoms with Crippen molar-refractivity contribution in [3.05, 3.63) is 107 Å². The highest BCUT2D eigenvalue weighted by molar-refractivity contribution is 6.55. The van der Waals surface area contributed by atoms with Gasteiger partial charge in [0.25, 0.3) is 11.7 Å². The number of fused-ring (bicyclic) bond motifs is 1. The molecule has 27 heavy (non-hydrogen) atoms. The quantitative estimate of drug-likeness (QED) is 0.580. The minimum Gasteiger partial charge on any atom is -0.294 e. The van der Waals surface area contributed by atoms with Gasteiger partial charge in [0, 0.05) is 0 Å². The van der Waals surface area contributed by atoms with Gasteiger partial charge in [-0.1, -0.05) is 90.5 Å². The predicted octanol–water partition coefficient (Wildman–Crippen LogP) is 5.32. The van der Waals surface area contributed by atoms with Crippen molar-refractivity contribution < 1.29 is 9.59 Å². The maximum Gasteiger partial charge on any atom is 0.300 e. The van der Waals surface area contributed by atoms with Gasteiger partial charge < -0.3 is 0 Å². The van der Waals surface area contributed by atoms with E-state index in [0.717, 1.165) is 11.1 Å². The van der Waals surface area contributed by atoms with E-state index in [1.54, 1.807) is 18.2 Å². The number of hydrogen-bond acceptors (Lipinski definition) is 2. The second-order valence-electron chi connectivity index (χ2n) is 6.26. The fourth-order valence-electron chi connectivity index (χ4n) is 3.30. The molecule has 0 fully saturated rings. The Labute approximate surface area is 162 Å². The summed E-state index contributed by atoms with van der Waals surface area (Å²) < 4.78 is 0. The lowest BCUT2D eigenvalue weighted by molar-refractivity contribution is -0.114. The second kappa shape index (κ2) is 7.22. The first-order chi connectivity index (χ1) is 13.2. The molecule has 3 aromatic rings. The summed E-state index contributed by atoms with van der Waals surface area (Å²) in [5.41, 5.74) is 2.75. The molecule has 0 unspecified atom stereocenters. The molecule has 1 atom stereocenters. The summed E-state index contributed by atoms with van der Waals surface area (Å²) in [5, 5.41) is 0.298. The summed E-state index contributed by atoms with van der Waals surface area (Å²) >= 11 is 6.20. The molecule has 0 spiro atoms. The Morgan fingerprint density at radius 2 is 1.48 bits per heavy atom. The molecular weight excluding hydrogens is 358 g/mol. The average molecular weight is 374 g/mol. The minimum absolute atomic E-state index is 0.276. The molecule has 4 rings (SSSR count). The second-order valence-corrected chi connectivity index (χ2v) is 6.67. The molecule has 0 saturated carbocycles. The smallest absolute Gasteiger partial charge is 0.294 e. The molecular formula is C23H16ClNO2. The Morgan fingerprint density at radius 1 is 0.815 bits per heavy atom.